The Morgan fingerprint density at radius 3 is 1.12 bits per heavy atom. The highest BCUT2D eigenvalue weighted by Crippen LogP contribution is 2.41. The number of hydrogen-bond acceptors (Lipinski definition) is 1. The first-order valence-corrected chi connectivity index (χ1v) is 13.8. The van der Waals surface area contributed by atoms with Gasteiger partial charge in [-0.25, -0.2) is 0 Å². The first kappa shape index (κ1) is 22.4. The van der Waals surface area contributed by atoms with Gasteiger partial charge in [-0.15, -0.1) is 0 Å². The molecule has 165 valence electrons. The molecule has 0 saturated carbocycles. The SMILES string of the molecule is [O]c1cc(P(c2ccccc2)c2ccccc2)c(O)cc1P(c1ccccc1)c1ccccc1. The third-order valence-electron chi connectivity index (χ3n) is 5.60. The second-order valence-electron chi connectivity index (χ2n) is 7.82. The van der Waals surface area contributed by atoms with Crippen LogP contribution in [0.25, 0.3) is 0 Å². The van der Waals surface area contributed by atoms with Gasteiger partial charge in [-0.05, 0) is 49.2 Å². The van der Waals surface area contributed by atoms with Gasteiger partial charge >= 0.3 is 0 Å². The molecular weight excluding hydrogens is 454 g/mol. The van der Waals surface area contributed by atoms with Gasteiger partial charge in [0.1, 0.15) is 5.75 Å². The van der Waals surface area contributed by atoms with Crippen LogP contribution in [0.5, 0.6) is 11.5 Å². The largest absolute Gasteiger partial charge is 0.507 e. The fraction of sp³-hybridized carbons (Fsp3) is 0. The number of hydrogen-bond donors (Lipinski definition) is 1. The quantitative estimate of drug-likeness (QED) is 0.342. The van der Waals surface area contributed by atoms with E-state index in [1.807, 2.05) is 72.8 Å². The summed E-state index contributed by atoms with van der Waals surface area (Å²) < 4.78 is 0. The van der Waals surface area contributed by atoms with Crippen molar-refractivity contribution in [3.05, 3.63) is 133 Å². The van der Waals surface area contributed by atoms with E-state index >= 15 is 0 Å². The van der Waals surface area contributed by atoms with Crippen molar-refractivity contribution >= 4 is 47.7 Å². The van der Waals surface area contributed by atoms with Crippen LogP contribution in [0.15, 0.2) is 133 Å². The molecule has 1 radical (unpaired) electrons. The Kier molecular flexibility index (Phi) is 6.72. The van der Waals surface area contributed by atoms with Gasteiger partial charge in [0.05, 0.1) is 0 Å². The van der Waals surface area contributed by atoms with Crippen molar-refractivity contribution in [3.63, 3.8) is 0 Å². The molecule has 34 heavy (non-hydrogen) atoms. The maximum atomic E-state index is 13.7. The molecule has 0 aliphatic carbocycles. The second-order valence-corrected chi connectivity index (χ2v) is 12.2. The fourth-order valence-corrected chi connectivity index (χ4v) is 8.73. The van der Waals surface area contributed by atoms with Gasteiger partial charge in [0.25, 0.3) is 0 Å². The number of benzene rings is 5. The molecule has 0 atom stereocenters. The number of phenols is 1. The van der Waals surface area contributed by atoms with E-state index in [1.54, 1.807) is 12.1 Å². The van der Waals surface area contributed by atoms with Crippen LogP contribution < -0.4 is 31.8 Å². The Morgan fingerprint density at radius 2 is 0.765 bits per heavy atom. The summed E-state index contributed by atoms with van der Waals surface area (Å²) >= 11 is 0. The molecule has 0 saturated heterocycles. The van der Waals surface area contributed by atoms with Crippen LogP contribution in [0.4, 0.5) is 0 Å². The van der Waals surface area contributed by atoms with Crippen molar-refractivity contribution in [2.75, 3.05) is 0 Å². The van der Waals surface area contributed by atoms with Gasteiger partial charge in [0.2, 0.25) is 0 Å². The summed E-state index contributed by atoms with van der Waals surface area (Å²) in [4.78, 5) is 0. The highest BCUT2D eigenvalue weighted by Gasteiger charge is 2.26. The van der Waals surface area contributed by atoms with E-state index in [0.29, 0.717) is 10.6 Å². The van der Waals surface area contributed by atoms with Gasteiger partial charge in [-0.1, -0.05) is 121 Å². The Morgan fingerprint density at radius 1 is 0.441 bits per heavy atom. The van der Waals surface area contributed by atoms with Gasteiger partial charge in [-0.3, -0.25) is 5.11 Å². The minimum atomic E-state index is -1.09. The van der Waals surface area contributed by atoms with Gasteiger partial charge in [0, 0.05) is 10.6 Å². The van der Waals surface area contributed by atoms with Crippen LogP contribution >= 0.6 is 15.8 Å². The van der Waals surface area contributed by atoms with Crippen molar-refractivity contribution in [2.24, 2.45) is 0 Å². The molecule has 1 N–H and O–H groups in total. The summed E-state index contributed by atoms with van der Waals surface area (Å²) in [5.74, 6) is 0.138. The first-order valence-electron chi connectivity index (χ1n) is 11.1. The average Bonchev–Trinajstić information content (AvgIpc) is 2.90. The molecule has 5 rings (SSSR count). The fourth-order valence-electron chi connectivity index (χ4n) is 4.06. The Bertz CT molecular complexity index is 1170. The van der Waals surface area contributed by atoms with Crippen molar-refractivity contribution in [1.82, 2.24) is 0 Å². The maximum absolute atomic E-state index is 13.7. The predicted molar refractivity (Wildman–Crippen MR) is 146 cm³/mol. The summed E-state index contributed by atoms with van der Waals surface area (Å²) in [5, 5.41) is 30.7. The molecule has 2 nitrogen and oxygen atoms in total. The lowest BCUT2D eigenvalue weighted by molar-refractivity contribution is 0.358. The monoisotopic (exact) mass is 477 g/mol. The minimum Gasteiger partial charge on any atom is -0.507 e. The standard InChI is InChI=1S/C30H23O2P2/c31-27-22-30(34(25-17-9-3-10-18-25)26-19-11-4-12-20-26)28(32)21-29(27)33(23-13-5-1-6-14-23)24-15-7-2-8-16-24/h1-22,31H. The van der Waals surface area contributed by atoms with Crippen molar-refractivity contribution < 1.29 is 10.2 Å². The van der Waals surface area contributed by atoms with Crippen LogP contribution in [0.2, 0.25) is 0 Å². The predicted octanol–water partition coefficient (Wildman–Crippen LogP) is 5.05. The Balaban J connectivity index is 1.67. The topological polar surface area (TPSA) is 40.1 Å². The van der Waals surface area contributed by atoms with E-state index in [2.05, 4.69) is 48.5 Å². The molecule has 0 aliphatic rings. The lowest BCUT2D eigenvalue weighted by Crippen LogP contribution is -2.24. The number of rotatable bonds is 6. The second kappa shape index (κ2) is 10.2. The zero-order valence-electron chi connectivity index (χ0n) is 18.5. The van der Waals surface area contributed by atoms with Gasteiger partial charge in [0.15, 0.2) is 5.75 Å². The van der Waals surface area contributed by atoms with Gasteiger partial charge in [-0.2, -0.15) is 0 Å². The van der Waals surface area contributed by atoms with Crippen LogP contribution in [0.1, 0.15) is 0 Å². The zero-order chi connectivity index (χ0) is 23.3. The number of aromatic hydroxyl groups is 1. The molecule has 0 aromatic heterocycles. The highest BCUT2D eigenvalue weighted by atomic mass is 31.1. The minimum absolute atomic E-state index is 0.0361. The first-order chi connectivity index (χ1) is 16.7. The van der Waals surface area contributed by atoms with Crippen LogP contribution in [-0.4, -0.2) is 5.11 Å². The van der Waals surface area contributed by atoms with Crippen molar-refractivity contribution in [2.45, 2.75) is 0 Å². The molecule has 0 bridgehead atoms. The number of phenolic OH excluding ortho intramolecular Hbond substituents is 1. The van der Waals surface area contributed by atoms with E-state index < -0.39 is 15.8 Å². The molecule has 0 heterocycles. The van der Waals surface area contributed by atoms with E-state index in [-0.39, 0.29) is 11.5 Å². The zero-order valence-corrected chi connectivity index (χ0v) is 20.2. The molecule has 4 heteroatoms. The summed E-state index contributed by atoms with van der Waals surface area (Å²) in [6.07, 6.45) is 0. The third kappa shape index (κ3) is 4.62. The average molecular weight is 477 g/mol. The molecule has 5 aromatic rings. The van der Waals surface area contributed by atoms with E-state index in [9.17, 15) is 10.2 Å². The normalized spacial score (nSPS) is 11.1. The molecule has 0 unspecified atom stereocenters. The van der Waals surface area contributed by atoms with E-state index in [4.69, 9.17) is 0 Å². The summed E-state index contributed by atoms with van der Waals surface area (Å²) in [6, 6.07) is 43.8. The molecule has 0 fully saturated rings. The Labute approximate surface area is 202 Å². The molecule has 0 aliphatic heterocycles. The van der Waals surface area contributed by atoms with Crippen LogP contribution in [-0.2, 0) is 5.11 Å². The Hall–Kier alpha value is -3.44. The molecule has 0 spiro atoms. The summed E-state index contributed by atoms with van der Waals surface area (Å²) in [7, 11) is -2.15. The van der Waals surface area contributed by atoms with Crippen molar-refractivity contribution in [3.8, 4) is 11.5 Å². The molecular formula is C30H23O2P2. The van der Waals surface area contributed by atoms with E-state index in [0.717, 1.165) is 21.2 Å². The molecule has 5 aromatic carbocycles. The van der Waals surface area contributed by atoms with Gasteiger partial charge < -0.3 is 5.11 Å². The third-order valence-corrected chi connectivity index (χ3v) is 10.5. The summed E-state index contributed by atoms with van der Waals surface area (Å²) in [6.45, 7) is 0. The maximum Gasteiger partial charge on any atom is 0.187 e. The molecule has 0 amide bonds. The smallest absolute Gasteiger partial charge is 0.187 e. The summed E-state index contributed by atoms with van der Waals surface area (Å²) in [5.41, 5.74) is 0. The highest BCUT2D eigenvalue weighted by molar-refractivity contribution is 7.80. The van der Waals surface area contributed by atoms with Crippen LogP contribution in [0.3, 0.4) is 0 Å². The van der Waals surface area contributed by atoms with Crippen molar-refractivity contribution in [1.29, 1.82) is 0 Å². The lowest BCUT2D eigenvalue weighted by Gasteiger charge is -2.23. The van der Waals surface area contributed by atoms with E-state index in [1.165, 1.54) is 0 Å². The lowest BCUT2D eigenvalue weighted by atomic mass is 10.3. The van der Waals surface area contributed by atoms with Crippen LogP contribution in [0, 0.1) is 0 Å².